The van der Waals surface area contributed by atoms with Crippen molar-refractivity contribution in [2.75, 3.05) is 26.8 Å². The van der Waals surface area contributed by atoms with Gasteiger partial charge < -0.3 is 30.7 Å². The molecule has 2 aliphatic heterocycles. The zero-order valence-electron chi connectivity index (χ0n) is 25.3. The first kappa shape index (κ1) is 31.5. The van der Waals surface area contributed by atoms with E-state index in [4.69, 9.17) is 9.47 Å². The fourth-order valence-corrected chi connectivity index (χ4v) is 5.54. The van der Waals surface area contributed by atoms with Crippen LogP contribution in [0.1, 0.15) is 71.0 Å². The summed E-state index contributed by atoms with van der Waals surface area (Å²) in [6, 6.07) is 13.4. The van der Waals surface area contributed by atoms with Crippen molar-refractivity contribution in [3.8, 4) is 11.5 Å². The molecule has 4 amide bonds. The summed E-state index contributed by atoms with van der Waals surface area (Å²) in [6.07, 6.45) is 5.63. The minimum atomic E-state index is -0.875. The topological polar surface area (TPSA) is 166 Å². The largest absolute Gasteiger partial charge is 0.493 e. The van der Waals surface area contributed by atoms with Crippen molar-refractivity contribution in [3.05, 3.63) is 71.5 Å². The van der Waals surface area contributed by atoms with E-state index in [-0.39, 0.29) is 67.1 Å². The Hall–Kier alpha value is -4.94. The van der Waals surface area contributed by atoms with Crippen molar-refractivity contribution in [1.29, 1.82) is 0 Å². The van der Waals surface area contributed by atoms with Crippen LogP contribution in [0.15, 0.2) is 54.7 Å². The SMILES string of the molecule is COc1ccc2cc1OCCCNC(=O)c1cn(nn1)C1CCC(CC1)NC(=O)CCNC(=O)[C@H](Cc1ccccc1)NC2=O. The molecule has 3 aromatic rings. The maximum atomic E-state index is 13.4. The number of ether oxygens (including phenoxy) is 2. The molecule has 1 saturated carbocycles. The first-order valence-corrected chi connectivity index (χ1v) is 15.3. The van der Waals surface area contributed by atoms with Gasteiger partial charge in [0.25, 0.3) is 11.8 Å². The lowest BCUT2D eigenvalue weighted by Gasteiger charge is -2.29. The Balaban J connectivity index is 1.32. The zero-order chi connectivity index (χ0) is 31.6. The van der Waals surface area contributed by atoms with Crippen LogP contribution in [0.3, 0.4) is 0 Å². The Kier molecular flexibility index (Phi) is 10.6. The van der Waals surface area contributed by atoms with E-state index in [0.717, 1.165) is 31.2 Å². The maximum Gasteiger partial charge on any atom is 0.273 e. The van der Waals surface area contributed by atoms with Gasteiger partial charge in [-0.3, -0.25) is 19.2 Å². The van der Waals surface area contributed by atoms with Crippen molar-refractivity contribution in [2.45, 2.75) is 63.1 Å². The lowest BCUT2D eigenvalue weighted by Crippen LogP contribution is -2.48. The van der Waals surface area contributed by atoms with Gasteiger partial charge in [0.05, 0.1) is 26.0 Å². The molecule has 2 aromatic carbocycles. The number of hydrogen-bond donors (Lipinski definition) is 4. The molecule has 13 nitrogen and oxygen atoms in total. The number of nitrogens with zero attached hydrogens (tertiary/aromatic N) is 3. The second kappa shape index (κ2) is 15.2. The van der Waals surface area contributed by atoms with Gasteiger partial charge in [-0.2, -0.15) is 0 Å². The van der Waals surface area contributed by atoms with Gasteiger partial charge in [-0.05, 0) is 55.9 Å². The van der Waals surface area contributed by atoms with Crippen LogP contribution < -0.4 is 30.7 Å². The molecule has 0 saturated heterocycles. The van der Waals surface area contributed by atoms with E-state index in [1.807, 2.05) is 30.3 Å². The second-order valence-corrected chi connectivity index (χ2v) is 11.2. The summed E-state index contributed by atoms with van der Waals surface area (Å²) >= 11 is 0. The number of methoxy groups -OCH3 is 1. The number of hydrogen-bond acceptors (Lipinski definition) is 8. The number of amides is 4. The van der Waals surface area contributed by atoms with E-state index in [1.54, 1.807) is 29.1 Å². The molecule has 1 fully saturated rings. The average molecular weight is 618 g/mol. The minimum Gasteiger partial charge on any atom is -0.493 e. The van der Waals surface area contributed by atoms with Crippen molar-refractivity contribution < 1.29 is 28.7 Å². The van der Waals surface area contributed by atoms with Gasteiger partial charge in [0.2, 0.25) is 11.8 Å². The second-order valence-electron chi connectivity index (χ2n) is 11.2. The number of aromatic nitrogens is 3. The van der Waals surface area contributed by atoms with E-state index in [9.17, 15) is 19.2 Å². The zero-order valence-corrected chi connectivity index (χ0v) is 25.3. The van der Waals surface area contributed by atoms with Gasteiger partial charge in [-0.1, -0.05) is 35.5 Å². The van der Waals surface area contributed by atoms with Crippen molar-refractivity contribution in [3.63, 3.8) is 0 Å². The van der Waals surface area contributed by atoms with Crippen molar-refractivity contribution >= 4 is 23.6 Å². The third-order valence-electron chi connectivity index (χ3n) is 8.02. The molecular formula is C32H39N7O6. The third-order valence-corrected chi connectivity index (χ3v) is 8.02. The normalized spacial score (nSPS) is 22.0. The molecule has 6 bridgehead atoms. The molecule has 0 unspecified atom stereocenters. The molecule has 1 aromatic heterocycles. The molecule has 45 heavy (non-hydrogen) atoms. The van der Waals surface area contributed by atoms with Crippen LogP contribution >= 0.6 is 0 Å². The summed E-state index contributed by atoms with van der Waals surface area (Å²) in [7, 11) is 1.50. The van der Waals surface area contributed by atoms with Crippen LogP contribution in [0, 0.1) is 0 Å². The number of rotatable bonds is 3. The van der Waals surface area contributed by atoms with Crippen LogP contribution in [0.25, 0.3) is 0 Å². The first-order valence-electron chi connectivity index (χ1n) is 15.3. The average Bonchev–Trinajstić information content (AvgIpc) is 3.55. The Morgan fingerprint density at radius 1 is 0.933 bits per heavy atom. The van der Waals surface area contributed by atoms with E-state index in [0.29, 0.717) is 24.5 Å². The van der Waals surface area contributed by atoms with E-state index < -0.39 is 11.9 Å². The molecule has 1 aliphatic carbocycles. The molecule has 0 radical (unpaired) electrons. The predicted octanol–water partition coefficient (Wildman–Crippen LogP) is 1.95. The molecule has 6 rings (SSSR count). The Morgan fingerprint density at radius 2 is 1.73 bits per heavy atom. The summed E-state index contributed by atoms with van der Waals surface area (Å²) in [5.41, 5.74) is 1.40. The standard InChI is InChI=1S/C32H39N7O6/c1-44-27-13-8-22-19-28(27)45-17-5-15-33-32(43)26-20-39(38-37-26)24-11-9-23(10-12-24)35-29(40)14-16-34-31(42)25(36-30(22)41)18-21-6-3-2-4-7-21/h2-4,6-8,13,19-20,23-25H,5,9-12,14-18H2,1H3,(H,33,43)(H,34,42)(H,35,40)(H,36,41)/t23?,24?,25-/m0/s1. The van der Waals surface area contributed by atoms with Crippen molar-refractivity contribution in [2.24, 2.45) is 0 Å². The number of benzene rings is 2. The number of fused-ring (bicyclic) bond motifs is 15. The smallest absolute Gasteiger partial charge is 0.273 e. The number of nitrogens with one attached hydrogen (secondary N) is 4. The highest BCUT2D eigenvalue weighted by molar-refractivity contribution is 5.98. The van der Waals surface area contributed by atoms with Crippen LogP contribution in [0.4, 0.5) is 0 Å². The molecule has 13 heteroatoms. The number of carbonyl (C=O) groups is 4. The van der Waals surface area contributed by atoms with Crippen LogP contribution in [-0.2, 0) is 16.0 Å². The van der Waals surface area contributed by atoms with Gasteiger partial charge in [-0.25, -0.2) is 4.68 Å². The molecular weight excluding hydrogens is 578 g/mol. The molecule has 1 atom stereocenters. The summed E-state index contributed by atoms with van der Waals surface area (Å²) < 4.78 is 13.1. The summed E-state index contributed by atoms with van der Waals surface area (Å²) in [6.45, 7) is 0.726. The lowest BCUT2D eigenvalue weighted by atomic mass is 9.91. The highest BCUT2D eigenvalue weighted by atomic mass is 16.5. The fourth-order valence-electron chi connectivity index (χ4n) is 5.54. The highest BCUT2D eigenvalue weighted by Gasteiger charge is 2.26. The van der Waals surface area contributed by atoms with Crippen LogP contribution in [-0.4, -0.2) is 77.5 Å². The predicted molar refractivity (Wildman–Crippen MR) is 164 cm³/mol. The highest BCUT2D eigenvalue weighted by Crippen LogP contribution is 2.29. The Bertz CT molecular complexity index is 1490. The van der Waals surface area contributed by atoms with Gasteiger partial charge in [0, 0.05) is 37.5 Å². The van der Waals surface area contributed by atoms with Gasteiger partial charge in [0.15, 0.2) is 17.2 Å². The fraction of sp³-hybridized carbons (Fsp3) is 0.438. The lowest BCUT2D eigenvalue weighted by molar-refractivity contribution is -0.123. The molecule has 3 heterocycles. The third kappa shape index (κ3) is 8.58. The maximum absolute atomic E-state index is 13.4. The summed E-state index contributed by atoms with van der Waals surface area (Å²) in [5, 5.41) is 19.8. The monoisotopic (exact) mass is 617 g/mol. The first-order chi connectivity index (χ1) is 21.9. The summed E-state index contributed by atoms with van der Waals surface area (Å²) in [4.78, 5) is 52.0. The summed E-state index contributed by atoms with van der Waals surface area (Å²) in [5.74, 6) is -0.524. The van der Waals surface area contributed by atoms with Gasteiger partial charge in [0.1, 0.15) is 6.04 Å². The number of carbonyl (C=O) groups excluding carboxylic acids is 4. The van der Waals surface area contributed by atoms with Crippen molar-refractivity contribution in [1.82, 2.24) is 36.3 Å². The Morgan fingerprint density at radius 3 is 2.51 bits per heavy atom. The molecule has 3 aliphatic rings. The Labute approximate surface area is 261 Å². The quantitative estimate of drug-likeness (QED) is 0.346. The molecule has 0 spiro atoms. The minimum absolute atomic E-state index is 0.0203. The van der Waals surface area contributed by atoms with Gasteiger partial charge >= 0.3 is 0 Å². The van der Waals surface area contributed by atoms with E-state index in [2.05, 4.69) is 31.6 Å². The van der Waals surface area contributed by atoms with Crippen LogP contribution in [0.5, 0.6) is 11.5 Å². The van der Waals surface area contributed by atoms with E-state index >= 15 is 0 Å². The van der Waals surface area contributed by atoms with Crippen LogP contribution in [0.2, 0.25) is 0 Å². The van der Waals surface area contributed by atoms with E-state index in [1.165, 1.54) is 7.11 Å². The molecule has 238 valence electrons. The van der Waals surface area contributed by atoms with Gasteiger partial charge in [-0.15, -0.1) is 5.10 Å². The molecule has 4 N–H and O–H groups in total.